The number of aromatic nitrogens is 3. The maximum atomic E-state index is 11.7. The lowest BCUT2D eigenvalue weighted by molar-refractivity contribution is 0.0996. The summed E-state index contributed by atoms with van der Waals surface area (Å²) >= 11 is 0. The molecule has 6 heteroatoms. The summed E-state index contributed by atoms with van der Waals surface area (Å²) < 4.78 is 1.92. The number of benzene rings is 2. The van der Waals surface area contributed by atoms with Gasteiger partial charge < -0.3 is 5.73 Å². The normalized spacial score (nSPS) is 10.9. The first-order valence-electron chi connectivity index (χ1n) is 8.37. The molecule has 0 aliphatic rings. The summed E-state index contributed by atoms with van der Waals surface area (Å²) in [5.41, 5.74) is 10.3. The summed E-state index contributed by atoms with van der Waals surface area (Å²) in [7, 11) is 0. The van der Waals surface area contributed by atoms with Gasteiger partial charge in [0.25, 0.3) is 0 Å². The van der Waals surface area contributed by atoms with Crippen LogP contribution in [0.25, 0.3) is 28.2 Å². The van der Waals surface area contributed by atoms with Crippen LogP contribution in [-0.4, -0.2) is 26.1 Å². The molecule has 132 valence electrons. The van der Waals surface area contributed by atoms with Crippen LogP contribution in [0, 0.1) is 0 Å². The van der Waals surface area contributed by atoms with Crippen molar-refractivity contribution in [2.24, 2.45) is 5.73 Å². The summed E-state index contributed by atoms with van der Waals surface area (Å²) in [4.78, 5) is 32.0. The fourth-order valence-electron chi connectivity index (χ4n) is 2.98. The number of Topliss-reactive ketones (excluding diaryl/α,β-unsaturated/α-hetero) is 1. The number of hydrogen-bond donors (Lipinski definition) is 1. The molecule has 0 aliphatic heterocycles. The molecule has 0 atom stereocenters. The number of hydrogen-bond acceptors (Lipinski definition) is 4. The lowest BCUT2D eigenvalue weighted by Gasteiger charge is -2.07. The average molecular weight is 356 g/mol. The molecule has 6 nitrogen and oxygen atoms in total. The monoisotopic (exact) mass is 356 g/mol. The molecule has 0 aliphatic carbocycles. The predicted octanol–water partition coefficient (Wildman–Crippen LogP) is 3.36. The van der Waals surface area contributed by atoms with Gasteiger partial charge in [-0.1, -0.05) is 30.3 Å². The number of carbonyl (C=O) groups is 2. The molecule has 0 radical (unpaired) electrons. The highest BCUT2D eigenvalue weighted by atomic mass is 16.1. The minimum atomic E-state index is -0.484. The van der Waals surface area contributed by atoms with Crippen LogP contribution in [0.4, 0.5) is 0 Å². The molecule has 2 aromatic carbocycles. The fourth-order valence-corrected chi connectivity index (χ4v) is 2.98. The highest BCUT2D eigenvalue weighted by molar-refractivity contribution is 5.95. The van der Waals surface area contributed by atoms with Gasteiger partial charge in [0.1, 0.15) is 0 Å². The number of fused-ring (bicyclic) bond motifs is 1. The van der Waals surface area contributed by atoms with E-state index in [2.05, 4.69) is 9.97 Å². The van der Waals surface area contributed by atoms with Crippen molar-refractivity contribution >= 4 is 17.3 Å². The Bertz CT molecular complexity index is 1190. The lowest BCUT2D eigenvalue weighted by atomic mass is 10.1. The second kappa shape index (κ2) is 6.49. The van der Waals surface area contributed by atoms with Crippen LogP contribution in [0.2, 0.25) is 0 Å². The number of rotatable bonds is 4. The van der Waals surface area contributed by atoms with Crippen molar-refractivity contribution in [3.05, 3.63) is 78.2 Å². The van der Waals surface area contributed by atoms with Crippen molar-refractivity contribution in [3.8, 4) is 22.5 Å². The Balaban J connectivity index is 1.85. The molecule has 1 amide bonds. The summed E-state index contributed by atoms with van der Waals surface area (Å²) in [6, 6.07) is 14.4. The van der Waals surface area contributed by atoms with Crippen LogP contribution in [0.15, 0.2) is 67.1 Å². The van der Waals surface area contributed by atoms with Gasteiger partial charge in [0.15, 0.2) is 11.4 Å². The fraction of sp³-hybridized carbons (Fsp3) is 0.0476. The van der Waals surface area contributed by atoms with Crippen molar-refractivity contribution in [1.29, 1.82) is 0 Å². The zero-order chi connectivity index (χ0) is 19.0. The van der Waals surface area contributed by atoms with E-state index in [-0.39, 0.29) is 5.78 Å². The topological polar surface area (TPSA) is 90.3 Å². The van der Waals surface area contributed by atoms with E-state index < -0.39 is 5.91 Å². The van der Waals surface area contributed by atoms with Gasteiger partial charge in [-0.05, 0) is 25.1 Å². The summed E-state index contributed by atoms with van der Waals surface area (Å²) in [5, 5.41) is 0. The Kier molecular flexibility index (Phi) is 4.01. The van der Waals surface area contributed by atoms with Gasteiger partial charge in [0.05, 0.1) is 23.8 Å². The standard InChI is InChI=1S/C21H16N4O2/c1-13(26)14-4-2-6-16(8-14)19-10-24-20-11-23-18(12-25(19)20)15-5-3-7-17(9-15)21(22)27/h2-12H,1H3,(H2,22,27). The predicted molar refractivity (Wildman–Crippen MR) is 102 cm³/mol. The number of imidazole rings is 1. The molecule has 4 rings (SSSR count). The van der Waals surface area contributed by atoms with Gasteiger partial charge in [0.2, 0.25) is 5.91 Å². The van der Waals surface area contributed by atoms with Gasteiger partial charge in [-0.2, -0.15) is 0 Å². The van der Waals surface area contributed by atoms with E-state index in [4.69, 9.17) is 5.73 Å². The lowest BCUT2D eigenvalue weighted by Crippen LogP contribution is -2.10. The van der Waals surface area contributed by atoms with Crippen LogP contribution in [-0.2, 0) is 0 Å². The highest BCUT2D eigenvalue weighted by Gasteiger charge is 2.11. The Labute approximate surface area is 155 Å². The summed E-state index contributed by atoms with van der Waals surface area (Å²) in [6.45, 7) is 1.54. The largest absolute Gasteiger partial charge is 0.366 e. The molecule has 0 saturated heterocycles. The molecular weight excluding hydrogens is 340 g/mol. The molecule has 0 unspecified atom stereocenters. The molecule has 4 aromatic rings. The van der Waals surface area contributed by atoms with Gasteiger partial charge >= 0.3 is 0 Å². The zero-order valence-electron chi connectivity index (χ0n) is 14.6. The highest BCUT2D eigenvalue weighted by Crippen LogP contribution is 2.25. The maximum absolute atomic E-state index is 11.7. The molecule has 0 bridgehead atoms. The van der Waals surface area contributed by atoms with Crippen molar-refractivity contribution in [2.75, 3.05) is 0 Å². The first-order valence-corrected chi connectivity index (χ1v) is 8.37. The van der Waals surface area contributed by atoms with Gasteiger partial charge in [-0.25, -0.2) is 4.98 Å². The summed E-state index contributed by atoms with van der Waals surface area (Å²) in [6.07, 6.45) is 5.28. The molecule has 27 heavy (non-hydrogen) atoms. The Morgan fingerprint density at radius 3 is 2.37 bits per heavy atom. The Hall–Kier alpha value is -3.80. The average Bonchev–Trinajstić information content (AvgIpc) is 3.11. The molecule has 2 aromatic heterocycles. The number of carbonyl (C=O) groups excluding carboxylic acids is 2. The van der Waals surface area contributed by atoms with Gasteiger partial charge in [0, 0.05) is 28.5 Å². The number of ketones is 1. The van der Waals surface area contributed by atoms with Crippen molar-refractivity contribution in [2.45, 2.75) is 6.92 Å². The molecule has 0 spiro atoms. The molecule has 2 heterocycles. The molecule has 2 N–H and O–H groups in total. The second-order valence-electron chi connectivity index (χ2n) is 6.23. The van der Waals surface area contributed by atoms with Crippen LogP contribution < -0.4 is 5.73 Å². The molecule has 0 fully saturated rings. The van der Waals surface area contributed by atoms with Crippen LogP contribution >= 0.6 is 0 Å². The van der Waals surface area contributed by atoms with Crippen molar-refractivity contribution in [1.82, 2.24) is 14.4 Å². The first kappa shape index (κ1) is 16.7. The van der Waals surface area contributed by atoms with Gasteiger partial charge in [-0.15, -0.1) is 0 Å². The second-order valence-corrected chi connectivity index (χ2v) is 6.23. The smallest absolute Gasteiger partial charge is 0.248 e. The first-order chi connectivity index (χ1) is 13.0. The number of primary amides is 1. The van der Waals surface area contributed by atoms with Crippen LogP contribution in [0.5, 0.6) is 0 Å². The third-order valence-electron chi connectivity index (χ3n) is 4.40. The van der Waals surface area contributed by atoms with Crippen LogP contribution in [0.3, 0.4) is 0 Å². The van der Waals surface area contributed by atoms with Crippen LogP contribution in [0.1, 0.15) is 27.6 Å². The molecular formula is C21H16N4O2. The quantitative estimate of drug-likeness (QED) is 0.568. The van der Waals surface area contributed by atoms with Crippen molar-refractivity contribution < 1.29 is 9.59 Å². The maximum Gasteiger partial charge on any atom is 0.248 e. The van der Waals surface area contributed by atoms with E-state index in [0.717, 1.165) is 16.8 Å². The SMILES string of the molecule is CC(=O)c1cccc(-c2cnc3cnc(-c4cccc(C(N)=O)c4)cn23)c1. The van der Waals surface area contributed by atoms with E-state index in [0.29, 0.717) is 22.5 Å². The number of nitrogens with two attached hydrogens (primary N) is 1. The number of nitrogens with zero attached hydrogens (tertiary/aromatic N) is 3. The Morgan fingerprint density at radius 2 is 1.63 bits per heavy atom. The zero-order valence-corrected chi connectivity index (χ0v) is 14.6. The minimum Gasteiger partial charge on any atom is -0.366 e. The van der Waals surface area contributed by atoms with Gasteiger partial charge in [-0.3, -0.25) is 19.0 Å². The van der Waals surface area contributed by atoms with E-state index in [9.17, 15) is 9.59 Å². The summed E-state index contributed by atoms with van der Waals surface area (Å²) in [5.74, 6) is -0.474. The van der Waals surface area contributed by atoms with E-state index in [1.807, 2.05) is 34.9 Å². The van der Waals surface area contributed by atoms with Crippen molar-refractivity contribution in [3.63, 3.8) is 0 Å². The third kappa shape index (κ3) is 3.08. The van der Waals surface area contributed by atoms with E-state index in [1.165, 1.54) is 0 Å². The van der Waals surface area contributed by atoms with E-state index in [1.54, 1.807) is 43.6 Å². The van der Waals surface area contributed by atoms with E-state index >= 15 is 0 Å². The third-order valence-corrected chi connectivity index (χ3v) is 4.40. The minimum absolute atomic E-state index is 0.0105. The Morgan fingerprint density at radius 1 is 0.926 bits per heavy atom. The number of amides is 1. The molecule has 0 saturated carbocycles.